The second-order valence-corrected chi connectivity index (χ2v) is 6.80. The van der Waals surface area contributed by atoms with Crippen molar-refractivity contribution in [3.8, 4) is 11.3 Å². The lowest BCUT2D eigenvalue weighted by Gasteiger charge is -2.09. The van der Waals surface area contributed by atoms with Gasteiger partial charge >= 0.3 is 0 Å². The van der Waals surface area contributed by atoms with Gasteiger partial charge in [0.1, 0.15) is 11.7 Å². The fourth-order valence-electron chi connectivity index (χ4n) is 3.30. The summed E-state index contributed by atoms with van der Waals surface area (Å²) in [5.41, 5.74) is 1.30. The quantitative estimate of drug-likeness (QED) is 0.566. The highest BCUT2D eigenvalue weighted by Crippen LogP contribution is 2.35. The molecule has 1 aliphatic rings. The Kier molecular flexibility index (Phi) is 3.45. The Hall–Kier alpha value is -3.43. The van der Waals surface area contributed by atoms with Gasteiger partial charge in [-0.05, 0) is 18.9 Å². The van der Waals surface area contributed by atoms with Crippen LogP contribution in [0, 0.1) is 24.5 Å². The molecule has 1 aliphatic carbocycles. The summed E-state index contributed by atoms with van der Waals surface area (Å²) in [6, 6.07) is 0. The van der Waals surface area contributed by atoms with E-state index >= 15 is 0 Å². The number of halogens is 3. The van der Waals surface area contributed by atoms with Crippen molar-refractivity contribution >= 4 is 28.3 Å². The van der Waals surface area contributed by atoms with E-state index in [-0.39, 0.29) is 23.3 Å². The van der Waals surface area contributed by atoms with Crippen molar-refractivity contribution in [2.75, 3.05) is 5.32 Å². The monoisotopic (exact) mass is 386 g/mol. The molecular formula is C18H13F3N6O. The number of carbonyl (C=O) groups excluding carboxylic acids is 1. The first-order valence-corrected chi connectivity index (χ1v) is 8.54. The average Bonchev–Trinajstić information content (AvgIpc) is 3.06. The molecule has 0 bridgehead atoms. The van der Waals surface area contributed by atoms with Crippen molar-refractivity contribution < 1.29 is 18.0 Å². The van der Waals surface area contributed by atoms with E-state index in [2.05, 4.69) is 25.5 Å². The van der Waals surface area contributed by atoms with Crippen LogP contribution in [0.4, 0.5) is 19.0 Å². The first-order valence-electron chi connectivity index (χ1n) is 8.54. The number of alkyl halides is 1. The van der Waals surface area contributed by atoms with E-state index in [9.17, 15) is 18.0 Å². The number of nitrogens with one attached hydrogen (secondary N) is 2. The molecule has 1 aromatic carbocycles. The maximum absolute atomic E-state index is 14.3. The topological polar surface area (TPSA) is 88.0 Å². The number of rotatable bonds is 3. The predicted molar refractivity (Wildman–Crippen MR) is 94.4 cm³/mol. The molecule has 0 unspecified atom stereocenters. The van der Waals surface area contributed by atoms with E-state index in [1.165, 1.54) is 19.3 Å². The number of hydrogen-bond acceptors (Lipinski definition) is 4. The van der Waals surface area contributed by atoms with Crippen LogP contribution in [0.3, 0.4) is 0 Å². The first kappa shape index (κ1) is 16.7. The summed E-state index contributed by atoms with van der Waals surface area (Å²) in [4.78, 5) is 20.4. The summed E-state index contributed by atoms with van der Waals surface area (Å²) in [7, 11) is 0. The highest BCUT2D eigenvalue weighted by molar-refractivity contribution is 5.96. The molecule has 3 aromatic heterocycles. The Labute approximate surface area is 155 Å². The minimum absolute atomic E-state index is 0.0382. The normalized spacial score (nSPS) is 18.7. The van der Waals surface area contributed by atoms with E-state index in [4.69, 9.17) is 0 Å². The zero-order valence-electron chi connectivity index (χ0n) is 14.5. The standard InChI is InChI=1S/C18H13F3N6O/c1-7-14(9-3-23-26-17(9)16(21)15(7)20)11-5-27-6-12(24-13(27)4-22-11)25-18(28)8-2-10(8)19/h3-6,8,10H,2H2,1H3,(H,23,26)(H,25,28)/t8-,10+/m1/s1. The summed E-state index contributed by atoms with van der Waals surface area (Å²) in [6.45, 7) is 1.47. The molecule has 0 radical (unpaired) electrons. The first-order chi connectivity index (χ1) is 13.4. The highest BCUT2D eigenvalue weighted by atomic mass is 19.2. The van der Waals surface area contributed by atoms with Crippen LogP contribution in [-0.2, 0) is 4.79 Å². The van der Waals surface area contributed by atoms with Crippen molar-refractivity contribution in [1.29, 1.82) is 0 Å². The molecule has 2 atom stereocenters. The van der Waals surface area contributed by atoms with Gasteiger partial charge in [-0.1, -0.05) is 0 Å². The Morgan fingerprint density at radius 2 is 2.07 bits per heavy atom. The number of aromatic nitrogens is 5. The number of amides is 1. The summed E-state index contributed by atoms with van der Waals surface area (Å²) < 4.78 is 43.0. The number of benzene rings is 1. The third kappa shape index (κ3) is 2.44. The number of H-pyrrole nitrogens is 1. The van der Waals surface area contributed by atoms with Crippen LogP contribution in [0.25, 0.3) is 27.8 Å². The number of hydrogen-bond donors (Lipinski definition) is 2. The lowest BCUT2D eigenvalue weighted by molar-refractivity contribution is -0.117. The maximum atomic E-state index is 14.3. The minimum atomic E-state index is -1.10. The van der Waals surface area contributed by atoms with E-state index in [0.29, 0.717) is 22.3 Å². The number of anilines is 1. The molecule has 1 amide bonds. The van der Waals surface area contributed by atoms with Crippen LogP contribution in [-0.4, -0.2) is 36.6 Å². The molecule has 28 heavy (non-hydrogen) atoms. The SMILES string of the molecule is Cc1c(F)c(F)c2[nH]ncc2c1-c1cn2cc(NC(=O)[C@@H]3C[C@@H]3F)nc2cn1. The summed E-state index contributed by atoms with van der Waals surface area (Å²) in [5.74, 6) is -2.75. The number of nitrogens with zero attached hydrogens (tertiary/aromatic N) is 4. The largest absolute Gasteiger partial charge is 0.309 e. The van der Waals surface area contributed by atoms with Crippen LogP contribution < -0.4 is 5.32 Å². The molecule has 10 heteroatoms. The molecule has 0 aliphatic heterocycles. The Balaban J connectivity index is 1.58. The van der Waals surface area contributed by atoms with Crippen LogP contribution in [0.15, 0.2) is 24.8 Å². The molecule has 5 rings (SSSR count). The maximum Gasteiger partial charge on any atom is 0.231 e. The molecule has 1 saturated carbocycles. The predicted octanol–water partition coefficient (Wildman–Crippen LogP) is 3.16. The second-order valence-electron chi connectivity index (χ2n) is 6.80. The van der Waals surface area contributed by atoms with Crippen LogP contribution in [0.1, 0.15) is 12.0 Å². The molecular weight excluding hydrogens is 373 g/mol. The number of carbonyl (C=O) groups is 1. The third-order valence-electron chi connectivity index (χ3n) is 4.92. The second kappa shape index (κ2) is 5.78. The third-order valence-corrected chi connectivity index (χ3v) is 4.92. The van der Waals surface area contributed by atoms with Crippen molar-refractivity contribution in [2.45, 2.75) is 19.5 Å². The van der Waals surface area contributed by atoms with Crippen LogP contribution in [0.2, 0.25) is 0 Å². The Morgan fingerprint density at radius 1 is 1.29 bits per heavy atom. The lowest BCUT2D eigenvalue weighted by Crippen LogP contribution is -2.15. The highest BCUT2D eigenvalue weighted by Gasteiger charge is 2.43. The fraction of sp³-hybridized carbons (Fsp3) is 0.222. The van der Waals surface area contributed by atoms with E-state index in [1.54, 1.807) is 16.8 Å². The van der Waals surface area contributed by atoms with Crippen LogP contribution in [0.5, 0.6) is 0 Å². The van der Waals surface area contributed by atoms with Gasteiger partial charge in [-0.25, -0.2) is 18.2 Å². The van der Waals surface area contributed by atoms with Gasteiger partial charge < -0.3 is 9.72 Å². The van der Waals surface area contributed by atoms with Gasteiger partial charge in [0, 0.05) is 17.1 Å². The van der Waals surface area contributed by atoms with Crippen molar-refractivity contribution in [3.05, 3.63) is 42.0 Å². The molecule has 0 saturated heterocycles. The Morgan fingerprint density at radius 3 is 2.82 bits per heavy atom. The smallest absolute Gasteiger partial charge is 0.231 e. The van der Waals surface area contributed by atoms with Gasteiger partial charge in [0.2, 0.25) is 5.91 Å². The number of imidazole rings is 1. The van der Waals surface area contributed by atoms with Crippen molar-refractivity contribution in [3.63, 3.8) is 0 Å². The van der Waals surface area contributed by atoms with E-state index < -0.39 is 29.6 Å². The lowest BCUT2D eigenvalue weighted by atomic mass is 10.0. The van der Waals surface area contributed by atoms with Gasteiger partial charge in [0.15, 0.2) is 23.1 Å². The number of fused-ring (bicyclic) bond motifs is 2. The zero-order chi connectivity index (χ0) is 19.6. The number of aromatic amines is 1. The Bertz CT molecular complexity index is 1260. The zero-order valence-corrected chi connectivity index (χ0v) is 14.5. The molecule has 142 valence electrons. The van der Waals surface area contributed by atoms with Crippen molar-refractivity contribution in [2.24, 2.45) is 5.92 Å². The molecule has 7 nitrogen and oxygen atoms in total. The van der Waals surface area contributed by atoms with Gasteiger partial charge in [-0.2, -0.15) is 5.10 Å². The van der Waals surface area contributed by atoms with Crippen molar-refractivity contribution in [1.82, 2.24) is 24.6 Å². The van der Waals surface area contributed by atoms with Crippen LogP contribution >= 0.6 is 0 Å². The average molecular weight is 386 g/mol. The summed E-state index contributed by atoms with van der Waals surface area (Å²) in [6.07, 6.45) is 5.14. The molecule has 3 heterocycles. The van der Waals surface area contributed by atoms with Gasteiger partial charge in [-0.3, -0.25) is 14.9 Å². The van der Waals surface area contributed by atoms with Gasteiger partial charge in [-0.15, -0.1) is 0 Å². The molecule has 2 N–H and O–H groups in total. The van der Waals surface area contributed by atoms with Gasteiger partial charge in [0.05, 0.1) is 30.2 Å². The van der Waals surface area contributed by atoms with Gasteiger partial charge in [0.25, 0.3) is 0 Å². The fourth-order valence-corrected chi connectivity index (χ4v) is 3.30. The molecule has 0 spiro atoms. The molecule has 4 aromatic rings. The van der Waals surface area contributed by atoms with E-state index in [0.717, 1.165) is 0 Å². The minimum Gasteiger partial charge on any atom is -0.309 e. The summed E-state index contributed by atoms with van der Waals surface area (Å²) in [5, 5.41) is 9.24. The molecule has 1 fully saturated rings. The summed E-state index contributed by atoms with van der Waals surface area (Å²) >= 11 is 0. The van der Waals surface area contributed by atoms with E-state index in [1.807, 2.05) is 0 Å².